The van der Waals surface area contributed by atoms with E-state index >= 15 is 0 Å². The monoisotopic (exact) mass is 336 g/mol. The summed E-state index contributed by atoms with van der Waals surface area (Å²) in [6.45, 7) is 4.58. The average molecular weight is 336 g/mol. The van der Waals surface area contributed by atoms with Crippen molar-refractivity contribution in [2.24, 2.45) is 0 Å². The quantitative estimate of drug-likeness (QED) is 0.586. The van der Waals surface area contributed by atoms with Crippen molar-refractivity contribution in [3.63, 3.8) is 0 Å². The summed E-state index contributed by atoms with van der Waals surface area (Å²) < 4.78 is 3.66. The number of aryl methyl sites for hydroxylation is 1. The highest BCUT2D eigenvalue weighted by molar-refractivity contribution is 5.76. The Labute approximate surface area is 144 Å². The fourth-order valence-electron chi connectivity index (χ4n) is 3.07. The molecule has 0 amide bonds. The molecule has 0 bridgehead atoms. The van der Waals surface area contributed by atoms with Crippen molar-refractivity contribution in [3.05, 3.63) is 54.0 Å². The van der Waals surface area contributed by atoms with Crippen LogP contribution in [0.25, 0.3) is 22.6 Å². The first kappa shape index (κ1) is 15.6. The SMILES string of the molecule is Cc1nn(CCO)cc1-c1nc2c(cnn2C(C)c2ccccc2)[nH]1. The van der Waals surface area contributed by atoms with Crippen LogP contribution < -0.4 is 0 Å². The van der Waals surface area contributed by atoms with Gasteiger partial charge in [0.2, 0.25) is 0 Å². The van der Waals surface area contributed by atoms with Crippen molar-refractivity contribution in [3.8, 4) is 11.4 Å². The third-order valence-corrected chi connectivity index (χ3v) is 4.42. The van der Waals surface area contributed by atoms with Gasteiger partial charge in [0.25, 0.3) is 0 Å². The van der Waals surface area contributed by atoms with Crippen LogP contribution >= 0.6 is 0 Å². The summed E-state index contributed by atoms with van der Waals surface area (Å²) in [5.74, 6) is 0.767. The second-order valence-corrected chi connectivity index (χ2v) is 6.11. The normalized spacial score (nSPS) is 12.8. The number of nitrogens with zero attached hydrogens (tertiary/aromatic N) is 5. The number of fused-ring (bicyclic) bond motifs is 1. The number of aromatic nitrogens is 6. The molecular formula is C18H20N6O. The molecule has 0 saturated carbocycles. The predicted molar refractivity (Wildman–Crippen MR) is 95.2 cm³/mol. The van der Waals surface area contributed by atoms with Gasteiger partial charge in [-0.1, -0.05) is 30.3 Å². The van der Waals surface area contributed by atoms with E-state index in [4.69, 9.17) is 10.1 Å². The molecule has 2 N–H and O–H groups in total. The third kappa shape index (κ3) is 2.72. The van der Waals surface area contributed by atoms with E-state index < -0.39 is 0 Å². The molecule has 0 aliphatic heterocycles. The molecule has 1 atom stereocenters. The van der Waals surface area contributed by atoms with Gasteiger partial charge >= 0.3 is 0 Å². The molecule has 7 heteroatoms. The molecule has 4 rings (SSSR count). The number of aliphatic hydroxyl groups excluding tert-OH is 1. The molecule has 1 unspecified atom stereocenters. The fourth-order valence-corrected chi connectivity index (χ4v) is 3.07. The first-order valence-corrected chi connectivity index (χ1v) is 8.31. The first-order chi connectivity index (χ1) is 12.2. The molecule has 25 heavy (non-hydrogen) atoms. The number of hydrogen-bond donors (Lipinski definition) is 2. The van der Waals surface area contributed by atoms with Crippen molar-refractivity contribution in [2.45, 2.75) is 26.4 Å². The Bertz CT molecular complexity index is 997. The summed E-state index contributed by atoms with van der Waals surface area (Å²) in [5.41, 5.74) is 4.71. The number of H-pyrrole nitrogens is 1. The van der Waals surface area contributed by atoms with Crippen molar-refractivity contribution in [2.75, 3.05) is 6.61 Å². The second-order valence-electron chi connectivity index (χ2n) is 6.11. The molecule has 3 aromatic heterocycles. The molecule has 0 radical (unpaired) electrons. The van der Waals surface area contributed by atoms with Gasteiger partial charge in [-0.2, -0.15) is 10.2 Å². The number of benzene rings is 1. The largest absolute Gasteiger partial charge is 0.394 e. The Morgan fingerprint density at radius 1 is 1.24 bits per heavy atom. The van der Waals surface area contributed by atoms with Crippen LogP contribution in [0.15, 0.2) is 42.7 Å². The van der Waals surface area contributed by atoms with Crippen LogP contribution in [0, 0.1) is 6.92 Å². The lowest BCUT2D eigenvalue weighted by Crippen LogP contribution is -2.08. The highest BCUT2D eigenvalue weighted by Gasteiger charge is 2.18. The molecule has 1 aromatic carbocycles. The third-order valence-electron chi connectivity index (χ3n) is 4.42. The van der Waals surface area contributed by atoms with Crippen LogP contribution in [0.1, 0.15) is 24.2 Å². The topological polar surface area (TPSA) is 84.5 Å². The maximum Gasteiger partial charge on any atom is 0.177 e. The van der Waals surface area contributed by atoms with Crippen molar-refractivity contribution < 1.29 is 5.11 Å². The summed E-state index contributed by atoms with van der Waals surface area (Å²) in [6.07, 6.45) is 3.71. The minimum Gasteiger partial charge on any atom is -0.394 e. The molecule has 0 aliphatic carbocycles. The highest BCUT2D eigenvalue weighted by atomic mass is 16.3. The van der Waals surface area contributed by atoms with E-state index in [9.17, 15) is 0 Å². The average Bonchev–Trinajstić information content (AvgIpc) is 3.29. The zero-order valence-electron chi connectivity index (χ0n) is 14.2. The molecule has 3 heterocycles. The summed E-state index contributed by atoms with van der Waals surface area (Å²) in [4.78, 5) is 8.08. The minimum atomic E-state index is 0.0598. The van der Waals surface area contributed by atoms with Gasteiger partial charge in [-0.05, 0) is 19.4 Å². The molecule has 0 spiro atoms. The van der Waals surface area contributed by atoms with Crippen molar-refractivity contribution in [1.29, 1.82) is 0 Å². The summed E-state index contributed by atoms with van der Waals surface area (Å²) >= 11 is 0. The van der Waals surface area contributed by atoms with Crippen LogP contribution in [-0.4, -0.2) is 41.2 Å². The van der Waals surface area contributed by atoms with E-state index in [1.165, 1.54) is 5.56 Å². The Balaban J connectivity index is 1.74. The van der Waals surface area contributed by atoms with E-state index in [-0.39, 0.29) is 12.6 Å². The van der Waals surface area contributed by atoms with Crippen LogP contribution in [-0.2, 0) is 6.54 Å². The Morgan fingerprint density at radius 2 is 2.04 bits per heavy atom. The maximum absolute atomic E-state index is 9.08. The fraction of sp³-hybridized carbons (Fsp3) is 0.278. The van der Waals surface area contributed by atoms with Crippen molar-refractivity contribution in [1.82, 2.24) is 29.5 Å². The summed E-state index contributed by atoms with van der Waals surface area (Å²) in [5, 5.41) is 18.0. The molecule has 7 nitrogen and oxygen atoms in total. The number of aliphatic hydroxyl groups is 1. The number of nitrogens with one attached hydrogen (secondary N) is 1. The standard InChI is InChI=1S/C18H20N6O/c1-12-15(11-23(22-12)8-9-25)17-20-16-10-19-24(18(16)21-17)13(2)14-6-4-3-5-7-14/h3-7,10-11,13,25H,8-9H2,1-2H3,(H,20,21). The zero-order valence-corrected chi connectivity index (χ0v) is 14.2. The van der Waals surface area contributed by atoms with Crippen molar-refractivity contribution >= 4 is 11.2 Å². The van der Waals surface area contributed by atoms with Crippen LogP contribution in [0.3, 0.4) is 0 Å². The van der Waals surface area contributed by atoms with Gasteiger partial charge in [-0.15, -0.1) is 0 Å². The summed E-state index contributed by atoms with van der Waals surface area (Å²) in [6, 6.07) is 10.3. The number of hydrogen-bond acceptors (Lipinski definition) is 4. The van der Waals surface area contributed by atoms with Gasteiger partial charge in [0, 0.05) is 6.20 Å². The lowest BCUT2D eigenvalue weighted by atomic mass is 10.1. The second kappa shape index (κ2) is 6.18. The van der Waals surface area contributed by atoms with E-state index in [1.807, 2.05) is 36.0 Å². The highest BCUT2D eigenvalue weighted by Crippen LogP contribution is 2.26. The first-order valence-electron chi connectivity index (χ1n) is 8.31. The smallest absolute Gasteiger partial charge is 0.177 e. The van der Waals surface area contributed by atoms with E-state index in [0.717, 1.165) is 28.2 Å². The van der Waals surface area contributed by atoms with Gasteiger partial charge in [-0.25, -0.2) is 9.67 Å². The summed E-state index contributed by atoms with van der Waals surface area (Å²) in [7, 11) is 0. The van der Waals surface area contributed by atoms with Gasteiger partial charge in [0.15, 0.2) is 5.65 Å². The zero-order chi connectivity index (χ0) is 17.4. The Hall–Kier alpha value is -2.93. The molecule has 4 aromatic rings. The molecule has 128 valence electrons. The Morgan fingerprint density at radius 3 is 2.80 bits per heavy atom. The molecule has 0 saturated heterocycles. The number of rotatable bonds is 5. The van der Waals surface area contributed by atoms with Gasteiger partial charge < -0.3 is 10.1 Å². The maximum atomic E-state index is 9.08. The number of aromatic amines is 1. The van der Waals surface area contributed by atoms with Gasteiger partial charge in [-0.3, -0.25) is 4.68 Å². The lowest BCUT2D eigenvalue weighted by molar-refractivity contribution is 0.269. The van der Waals surface area contributed by atoms with E-state index in [2.05, 4.69) is 34.2 Å². The predicted octanol–water partition coefficient (Wildman–Crippen LogP) is 2.53. The Kier molecular flexibility index (Phi) is 3.85. The van der Waals surface area contributed by atoms with E-state index in [0.29, 0.717) is 6.54 Å². The van der Waals surface area contributed by atoms with Gasteiger partial charge in [0.1, 0.15) is 11.3 Å². The molecule has 0 fully saturated rings. The lowest BCUT2D eigenvalue weighted by Gasteiger charge is -2.12. The van der Waals surface area contributed by atoms with E-state index in [1.54, 1.807) is 10.9 Å². The van der Waals surface area contributed by atoms with Crippen LogP contribution in [0.5, 0.6) is 0 Å². The minimum absolute atomic E-state index is 0.0598. The van der Waals surface area contributed by atoms with Crippen LogP contribution in [0.4, 0.5) is 0 Å². The van der Waals surface area contributed by atoms with Gasteiger partial charge in [0.05, 0.1) is 36.6 Å². The molecular weight excluding hydrogens is 316 g/mol. The molecule has 0 aliphatic rings. The number of imidazole rings is 1. The van der Waals surface area contributed by atoms with Crippen LogP contribution in [0.2, 0.25) is 0 Å².